The number of primary amides is 1. The van der Waals surface area contributed by atoms with E-state index < -0.39 is 60.2 Å². The lowest BCUT2D eigenvalue weighted by atomic mass is 10.0. The molecule has 9 N–H and O–H groups in total. The van der Waals surface area contributed by atoms with Crippen molar-refractivity contribution < 1.29 is 34.2 Å². The predicted octanol–water partition coefficient (Wildman–Crippen LogP) is -1.55. The Kier molecular flexibility index (Phi) is 11.9. The van der Waals surface area contributed by atoms with Crippen LogP contribution in [-0.4, -0.2) is 76.0 Å². The monoisotopic (exact) mass is 497 g/mol. The normalized spacial score (nSPS) is 14.2. The number of carboxylic acid groups (broad SMARTS) is 1. The van der Waals surface area contributed by atoms with Gasteiger partial charge in [-0.1, -0.05) is 12.1 Å². The lowest BCUT2D eigenvalue weighted by molar-refractivity contribution is -0.142. The van der Waals surface area contributed by atoms with Crippen LogP contribution in [0, 0.1) is 0 Å². The second-order valence-electron chi connectivity index (χ2n) is 7.62. The van der Waals surface area contributed by atoms with E-state index in [0.717, 1.165) is 0 Å². The van der Waals surface area contributed by atoms with Gasteiger partial charge in [-0.15, -0.1) is 0 Å². The highest BCUT2D eigenvalue weighted by Gasteiger charge is 2.30. The number of hydrogen-bond acceptors (Lipinski definition) is 8. The van der Waals surface area contributed by atoms with Crippen molar-refractivity contribution in [2.24, 2.45) is 11.5 Å². The van der Waals surface area contributed by atoms with Crippen molar-refractivity contribution in [3.05, 3.63) is 29.8 Å². The molecule has 0 spiro atoms. The molecule has 0 aliphatic carbocycles. The number of carbonyl (C=O) groups is 5. The molecule has 13 heteroatoms. The Bertz CT molecular complexity index is 881. The van der Waals surface area contributed by atoms with Gasteiger partial charge in [-0.2, -0.15) is 11.8 Å². The number of phenols is 1. The van der Waals surface area contributed by atoms with Crippen LogP contribution >= 0.6 is 11.8 Å². The number of nitrogens with one attached hydrogen (secondary N) is 3. The van der Waals surface area contributed by atoms with Crippen LogP contribution in [-0.2, 0) is 30.4 Å². The van der Waals surface area contributed by atoms with Gasteiger partial charge < -0.3 is 37.6 Å². The van der Waals surface area contributed by atoms with E-state index in [4.69, 9.17) is 11.5 Å². The van der Waals surface area contributed by atoms with Crippen LogP contribution in [0.15, 0.2) is 24.3 Å². The summed E-state index contributed by atoms with van der Waals surface area (Å²) < 4.78 is 0. The first-order valence-corrected chi connectivity index (χ1v) is 11.8. The minimum absolute atomic E-state index is 0.00434. The van der Waals surface area contributed by atoms with E-state index >= 15 is 0 Å². The lowest BCUT2D eigenvalue weighted by Crippen LogP contribution is -2.57. The number of benzene rings is 1. The van der Waals surface area contributed by atoms with Crippen LogP contribution in [0.25, 0.3) is 0 Å². The Labute approximate surface area is 201 Å². The molecule has 12 nitrogen and oxygen atoms in total. The number of amides is 4. The summed E-state index contributed by atoms with van der Waals surface area (Å²) >= 11 is 1.52. The molecular formula is C21H31N5O7S. The number of carboxylic acids is 1. The molecule has 0 aromatic heterocycles. The van der Waals surface area contributed by atoms with Crippen molar-refractivity contribution in [3.63, 3.8) is 0 Å². The molecule has 0 aliphatic heterocycles. The standard InChI is InChI=1S/C21H31N5O7S/c1-11(24-19(30)14(22)7-8-34-2)18(29)25-15(10-17(23)28)20(31)26-16(21(32)33)9-12-3-5-13(27)6-4-12/h3-6,11,14-16,27H,7-10,22H2,1-2H3,(H2,23,28)(H,24,30)(H,25,29)(H,26,31)(H,32,33). The van der Waals surface area contributed by atoms with Crippen LogP contribution < -0.4 is 27.4 Å². The maximum Gasteiger partial charge on any atom is 0.326 e. The van der Waals surface area contributed by atoms with Crippen molar-refractivity contribution in [3.8, 4) is 5.75 Å². The highest BCUT2D eigenvalue weighted by atomic mass is 32.2. The van der Waals surface area contributed by atoms with Crippen LogP contribution in [0.2, 0.25) is 0 Å². The third-order valence-corrected chi connectivity index (χ3v) is 5.39. The largest absolute Gasteiger partial charge is 0.508 e. The number of nitrogens with two attached hydrogens (primary N) is 2. The van der Waals surface area contributed by atoms with E-state index in [1.165, 1.54) is 43.0 Å². The van der Waals surface area contributed by atoms with Crippen LogP contribution in [0.1, 0.15) is 25.3 Å². The van der Waals surface area contributed by atoms with Gasteiger partial charge in [0.15, 0.2) is 0 Å². The lowest BCUT2D eigenvalue weighted by Gasteiger charge is -2.23. The van der Waals surface area contributed by atoms with Crippen molar-refractivity contribution in [2.45, 2.75) is 50.4 Å². The Morgan fingerprint density at radius 2 is 1.56 bits per heavy atom. The fourth-order valence-corrected chi connectivity index (χ4v) is 3.30. The molecule has 188 valence electrons. The van der Waals surface area contributed by atoms with E-state index in [2.05, 4.69) is 16.0 Å². The highest BCUT2D eigenvalue weighted by Crippen LogP contribution is 2.12. The number of phenolic OH excluding ortho intramolecular Hbond substituents is 1. The average molecular weight is 498 g/mol. The summed E-state index contributed by atoms with van der Waals surface area (Å²) in [7, 11) is 0. The summed E-state index contributed by atoms with van der Waals surface area (Å²) in [4.78, 5) is 60.4. The van der Waals surface area contributed by atoms with Gasteiger partial charge in [0.2, 0.25) is 23.6 Å². The van der Waals surface area contributed by atoms with Gasteiger partial charge in [0.1, 0.15) is 23.9 Å². The maximum atomic E-state index is 12.7. The minimum atomic E-state index is -1.46. The zero-order chi connectivity index (χ0) is 25.8. The molecule has 0 aliphatic rings. The first kappa shape index (κ1) is 28.7. The van der Waals surface area contributed by atoms with Gasteiger partial charge in [-0.05, 0) is 43.0 Å². The fourth-order valence-electron chi connectivity index (χ4n) is 2.81. The Balaban J connectivity index is 2.83. The first-order chi connectivity index (χ1) is 15.9. The molecule has 4 atom stereocenters. The first-order valence-electron chi connectivity index (χ1n) is 10.4. The number of carbonyl (C=O) groups excluding carboxylic acids is 4. The number of hydrogen-bond donors (Lipinski definition) is 7. The molecule has 0 saturated carbocycles. The number of aliphatic carboxylic acids is 1. The van der Waals surface area contributed by atoms with Gasteiger partial charge in [0.05, 0.1) is 12.5 Å². The van der Waals surface area contributed by atoms with E-state index in [1.807, 2.05) is 6.26 Å². The van der Waals surface area contributed by atoms with E-state index in [-0.39, 0.29) is 12.2 Å². The van der Waals surface area contributed by atoms with E-state index in [1.54, 1.807) is 0 Å². The van der Waals surface area contributed by atoms with Crippen molar-refractivity contribution in [2.75, 3.05) is 12.0 Å². The quantitative estimate of drug-likeness (QED) is 0.158. The summed E-state index contributed by atoms with van der Waals surface area (Å²) in [5, 5.41) is 25.9. The van der Waals surface area contributed by atoms with Gasteiger partial charge in [-0.25, -0.2) is 4.79 Å². The van der Waals surface area contributed by atoms with Crippen LogP contribution in [0.3, 0.4) is 0 Å². The van der Waals surface area contributed by atoms with E-state index in [9.17, 15) is 34.2 Å². The summed E-state index contributed by atoms with van der Waals surface area (Å²) in [5.74, 6) is -3.86. The second-order valence-corrected chi connectivity index (χ2v) is 8.61. The Hall–Kier alpha value is -3.32. The van der Waals surface area contributed by atoms with Crippen LogP contribution in [0.5, 0.6) is 5.75 Å². The molecule has 0 fully saturated rings. The van der Waals surface area contributed by atoms with Gasteiger partial charge >= 0.3 is 5.97 Å². The maximum absolute atomic E-state index is 12.7. The Morgan fingerprint density at radius 3 is 2.09 bits per heavy atom. The third-order valence-electron chi connectivity index (χ3n) is 4.75. The summed E-state index contributed by atoms with van der Waals surface area (Å²) in [6.45, 7) is 1.37. The molecule has 0 saturated heterocycles. The molecule has 0 heterocycles. The Morgan fingerprint density at radius 1 is 0.971 bits per heavy atom. The molecule has 1 aromatic carbocycles. The molecule has 1 rings (SSSR count). The van der Waals surface area contributed by atoms with Gasteiger partial charge in [0, 0.05) is 6.42 Å². The molecule has 34 heavy (non-hydrogen) atoms. The van der Waals surface area contributed by atoms with Crippen molar-refractivity contribution >= 4 is 41.4 Å². The smallest absolute Gasteiger partial charge is 0.326 e. The van der Waals surface area contributed by atoms with E-state index in [0.29, 0.717) is 17.7 Å². The molecule has 0 radical (unpaired) electrons. The average Bonchev–Trinajstić information content (AvgIpc) is 2.77. The minimum Gasteiger partial charge on any atom is -0.508 e. The fraction of sp³-hybridized carbons (Fsp3) is 0.476. The number of rotatable bonds is 14. The highest BCUT2D eigenvalue weighted by molar-refractivity contribution is 7.98. The summed E-state index contributed by atoms with van der Waals surface area (Å²) in [6, 6.07) is 0.992. The zero-order valence-electron chi connectivity index (χ0n) is 18.9. The van der Waals surface area contributed by atoms with Crippen molar-refractivity contribution in [1.29, 1.82) is 0 Å². The number of aromatic hydroxyl groups is 1. The number of thioether (sulfide) groups is 1. The molecule has 4 amide bonds. The summed E-state index contributed by atoms with van der Waals surface area (Å²) in [5.41, 5.74) is 11.5. The third kappa shape index (κ3) is 10.1. The molecule has 1 aromatic rings. The molecular weight excluding hydrogens is 466 g/mol. The van der Waals surface area contributed by atoms with Crippen molar-refractivity contribution in [1.82, 2.24) is 16.0 Å². The molecule has 4 unspecified atom stereocenters. The predicted molar refractivity (Wildman–Crippen MR) is 126 cm³/mol. The van der Waals surface area contributed by atoms with Gasteiger partial charge in [0.25, 0.3) is 0 Å². The SMILES string of the molecule is CSCCC(N)C(=O)NC(C)C(=O)NC(CC(N)=O)C(=O)NC(Cc1ccc(O)cc1)C(=O)O. The van der Waals surface area contributed by atoms with Gasteiger partial charge in [-0.3, -0.25) is 19.2 Å². The topological polar surface area (TPSA) is 214 Å². The zero-order valence-corrected chi connectivity index (χ0v) is 19.8. The summed E-state index contributed by atoms with van der Waals surface area (Å²) in [6.07, 6.45) is 1.58. The van der Waals surface area contributed by atoms with Crippen LogP contribution in [0.4, 0.5) is 0 Å². The second kappa shape index (κ2) is 14.1. The molecule has 0 bridgehead atoms.